The summed E-state index contributed by atoms with van der Waals surface area (Å²) in [7, 11) is -10.4. The number of Topliss-reactive ketones (excluding diaryl/α,β-unsaturated/α-hetero) is 1. The summed E-state index contributed by atoms with van der Waals surface area (Å²) in [6.07, 6.45) is -1.48. The van der Waals surface area contributed by atoms with Crippen LogP contribution in [0, 0.1) is 0 Å². The molecule has 4 amide bonds. The minimum atomic E-state index is -5.20. The Kier molecular flexibility index (Phi) is 17.6. The van der Waals surface area contributed by atoms with Crippen LogP contribution >= 0.6 is 0 Å². The average Bonchev–Trinajstić information content (AvgIpc) is 3.37. The second-order valence-electron chi connectivity index (χ2n) is 11.2. The van der Waals surface area contributed by atoms with Gasteiger partial charge in [0.2, 0.25) is 17.6 Å². The van der Waals surface area contributed by atoms with E-state index in [0.29, 0.717) is 5.56 Å². The van der Waals surface area contributed by atoms with Crippen molar-refractivity contribution in [3.8, 4) is 11.1 Å². The molecule has 4 N–H and O–H groups in total. The molecule has 3 aromatic carbocycles. The summed E-state index contributed by atoms with van der Waals surface area (Å²) in [5.41, 5.74) is 4.13. The van der Waals surface area contributed by atoms with E-state index in [2.05, 4.69) is 10.6 Å². The molecule has 0 aromatic heterocycles. The van der Waals surface area contributed by atoms with Crippen LogP contribution in [0.2, 0.25) is 0 Å². The molecule has 0 saturated heterocycles. The molecule has 16 nitrogen and oxygen atoms in total. The second kappa shape index (κ2) is 20.3. The van der Waals surface area contributed by atoms with Gasteiger partial charge in [0.25, 0.3) is 5.91 Å². The number of hydrogen-bond donors (Lipinski definition) is 4. The zero-order valence-corrected chi connectivity index (χ0v) is 33.8. The predicted octanol–water partition coefficient (Wildman–Crippen LogP) is -6.48. The molecule has 266 valence electrons. The number of rotatable bonds is 16. The molecule has 0 saturated carbocycles. The number of ether oxygens (including phenoxy) is 1. The van der Waals surface area contributed by atoms with Crippen LogP contribution in [0.3, 0.4) is 0 Å². The van der Waals surface area contributed by atoms with E-state index in [9.17, 15) is 49.9 Å². The second-order valence-corrected chi connectivity index (χ2v) is 14.1. The van der Waals surface area contributed by atoms with Crippen molar-refractivity contribution in [2.75, 3.05) is 31.2 Å². The van der Waals surface area contributed by atoms with E-state index < -0.39 is 79.3 Å². The monoisotopic (exact) mass is 774 g/mol. The van der Waals surface area contributed by atoms with Crippen molar-refractivity contribution in [3.63, 3.8) is 0 Å². The van der Waals surface area contributed by atoms with Crippen molar-refractivity contribution in [3.05, 3.63) is 95.6 Å². The molecule has 20 heteroatoms. The van der Waals surface area contributed by atoms with Crippen LogP contribution in [0.15, 0.2) is 78.9 Å². The summed E-state index contributed by atoms with van der Waals surface area (Å²) in [4.78, 5) is 62.8. The van der Waals surface area contributed by atoms with Gasteiger partial charge in [-0.25, -0.2) is 21.6 Å². The number of carbonyl (C=O) groups is 5. The molecule has 0 unspecified atom stereocenters. The Balaban J connectivity index is 0.00000468. The van der Waals surface area contributed by atoms with Gasteiger partial charge in [-0.15, -0.1) is 0 Å². The van der Waals surface area contributed by atoms with Gasteiger partial charge in [0, 0.05) is 25.4 Å². The van der Waals surface area contributed by atoms with Gasteiger partial charge in [0.05, 0.1) is 31.7 Å². The number of amides is 4. The summed E-state index contributed by atoms with van der Waals surface area (Å²) in [5.74, 6) is -7.87. The Morgan fingerprint density at radius 2 is 1.13 bits per heavy atom. The van der Waals surface area contributed by atoms with E-state index >= 15 is 0 Å². The fourth-order valence-electron chi connectivity index (χ4n) is 5.27. The van der Waals surface area contributed by atoms with Crippen LogP contribution in [0.25, 0.3) is 11.1 Å². The Bertz CT molecular complexity index is 1940. The van der Waals surface area contributed by atoms with Gasteiger partial charge in [-0.3, -0.25) is 19.2 Å². The first kappa shape index (κ1) is 45.0. The third-order valence-electron chi connectivity index (χ3n) is 7.50. The Labute approximate surface area is 344 Å². The Morgan fingerprint density at radius 3 is 1.67 bits per heavy atom. The third-order valence-corrected chi connectivity index (χ3v) is 8.98. The van der Waals surface area contributed by atoms with Gasteiger partial charge in [0.15, 0.2) is 0 Å². The Morgan fingerprint density at radius 1 is 0.654 bits per heavy atom. The van der Waals surface area contributed by atoms with Gasteiger partial charge in [0.1, 0.15) is 18.7 Å². The largest absolute Gasteiger partial charge is 1.00 e. The maximum atomic E-state index is 13.0. The SMILES string of the molecule is O=C(N[C@@H](CS(=O)(=O)[O-])C(=O)N[C@@H](CS(=O)(=O)[O-])C(=O)NCCNC(=O)C(=O)Cc1ccccc1)OCC1c2ccccc2-c2ccccc21.[Na+].[Na+]. The molecule has 0 radical (unpaired) electrons. The molecule has 2 atom stereocenters. The first-order valence-electron chi connectivity index (χ1n) is 15.0. The van der Waals surface area contributed by atoms with Crippen LogP contribution in [0.1, 0.15) is 22.6 Å². The molecule has 0 bridgehead atoms. The van der Waals surface area contributed by atoms with Crippen molar-refractivity contribution < 1.29 is 114 Å². The van der Waals surface area contributed by atoms with E-state index in [1.54, 1.807) is 42.5 Å². The zero-order chi connectivity index (χ0) is 36.5. The van der Waals surface area contributed by atoms with Crippen LogP contribution in [-0.4, -0.2) is 98.8 Å². The quantitative estimate of drug-likeness (QED) is 0.0459. The summed E-state index contributed by atoms with van der Waals surface area (Å²) in [6, 6.07) is 18.9. The molecular formula is C32H32N4Na2O12S2. The first-order valence-corrected chi connectivity index (χ1v) is 18.2. The normalized spacial score (nSPS) is 13.0. The summed E-state index contributed by atoms with van der Waals surface area (Å²) in [6.45, 7) is -0.937. The molecule has 0 aliphatic heterocycles. The molecule has 0 spiro atoms. The van der Waals surface area contributed by atoms with Gasteiger partial charge in [-0.2, -0.15) is 0 Å². The van der Waals surface area contributed by atoms with Crippen LogP contribution in [0.5, 0.6) is 0 Å². The van der Waals surface area contributed by atoms with Gasteiger partial charge < -0.3 is 35.1 Å². The number of ketones is 1. The fraction of sp³-hybridized carbons (Fsp3) is 0.281. The van der Waals surface area contributed by atoms with E-state index in [4.69, 9.17) is 4.74 Å². The first-order chi connectivity index (χ1) is 23.6. The van der Waals surface area contributed by atoms with Crippen molar-refractivity contribution >= 4 is 49.8 Å². The number of carbonyl (C=O) groups excluding carboxylic acids is 5. The van der Waals surface area contributed by atoms with Crippen molar-refractivity contribution in [2.45, 2.75) is 24.4 Å². The van der Waals surface area contributed by atoms with E-state index in [0.717, 1.165) is 22.3 Å². The standard InChI is InChI=1S/C32H34N4O12S2.2Na/c37-28(16-20-8-2-1-3-9-20)31(40)34-15-14-33-29(38)26(18-49(42,43)44)35-30(39)27(19-50(45,46)47)36-32(41)48-17-25-23-12-6-4-10-21(23)22-11-5-7-13-24(22)25;;/h1-13,25-27H,14-19H2,(H,33,38)(H,34,40)(H,35,39)(H,36,41)(H,42,43,44)(H,45,46,47);;/q;2*+1/p-2/t26-,27-;;/m0../s1. The predicted molar refractivity (Wildman–Crippen MR) is 174 cm³/mol. The molecule has 0 fully saturated rings. The molecule has 52 heavy (non-hydrogen) atoms. The summed E-state index contributed by atoms with van der Waals surface area (Å²) >= 11 is 0. The molecule has 0 heterocycles. The molecule has 1 aliphatic rings. The van der Waals surface area contributed by atoms with E-state index in [1.807, 2.05) is 47.0 Å². The number of fused-ring (bicyclic) bond motifs is 3. The van der Waals surface area contributed by atoms with Crippen LogP contribution < -0.4 is 80.4 Å². The van der Waals surface area contributed by atoms with Crippen molar-refractivity contribution in [1.29, 1.82) is 0 Å². The Hall–Kier alpha value is -3.17. The van der Waals surface area contributed by atoms with Gasteiger partial charge >= 0.3 is 65.2 Å². The summed E-state index contributed by atoms with van der Waals surface area (Å²) < 4.78 is 74.6. The number of benzene rings is 3. The zero-order valence-electron chi connectivity index (χ0n) is 28.2. The third kappa shape index (κ3) is 13.7. The number of nitrogens with one attached hydrogen (secondary N) is 4. The topological polar surface area (TPSA) is 257 Å². The van der Waals surface area contributed by atoms with Crippen LogP contribution in [0.4, 0.5) is 4.79 Å². The fourth-order valence-corrected chi connectivity index (χ4v) is 6.56. The maximum absolute atomic E-state index is 13.0. The van der Waals surface area contributed by atoms with Gasteiger partial charge in [-0.1, -0.05) is 78.9 Å². The average molecular weight is 775 g/mol. The molecule has 4 rings (SSSR count). The van der Waals surface area contributed by atoms with Crippen molar-refractivity contribution in [1.82, 2.24) is 21.3 Å². The van der Waals surface area contributed by atoms with E-state index in [1.165, 1.54) is 0 Å². The maximum Gasteiger partial charge on any atom is 1.00 e. The van der Waals surface area contributed by atoms with E-state index in [-0.39, 0.29) is 85.2 Å². The minimum absolute atomic E-state index is 0. The molecular weight excluding hydrogens is 742 g/mol. The van der Waals surface area contributed by atoms with Crippen molar-refractivity contribution in [2.24, 2.45) is 0 Å². The number of alkyl carbamates (subject to hydrolysis) is 1. The molecule has 1 aliphatic carbocycles. The molecule has 3 aromatic rings. The van der Waals surface area contributed by atoms with Crippen LogP contribution in [-0.2, 0) is 50.6 Å². The number of hydrogen-bond acceptors (Lipinski definition) is 12. The van der Waals surface area contributed by atoms with Gasteiger partial charge in [-0.05, 0) is 27.8 Å². The smallest absolute Gasteiger partial charge is 0.748 e. The minimum Gasteiger partial charge on any atom is -0.748 e. The summed E-state index contributed by atoms with van der Waals surface area (Å²) in [5, 5.41) is 8.27.